The third-order valence-corrected chi connectivity index (χ3v) is 7.05. The van der Waals surface area contributed by atoms with E-state index in [1.54, 1.807) is 31.4 Å². The number of aromatic nitrogens is 2. The monoisotopic (exact) mass is 408 g/mol. The van der Waals surface area contributed by atoms with Crippen molar-refractivity contribution in [1.29, 1.82) is 0 Å². The van der Waals surface area contributed by atoms with Gasteiger partial charge in [-0.05, 0) is 48.6 Å². The van der Waals surface area contributed by atoms with Crippen molar-refractivity contribution in [3.05, 3.63) is 52.7 Å². The maximum Gasteiger partial charge on any atom is 0.258 e. The standard InChI is InChI=1S/C23H28N4O3/c1-25(2)23(30)20-17(13-28)19-12-27-18(21(20)26(19)11-14-3-4-14)6-5-16(22(27)29)15-7-9-24-10-8-15/h5-10,14,17,19-21,28H,3-4,11-13H2,1-2H3/t17-,19-,20+,21+/m1/s1. The van der Waals surface area contributed by atoms with Crippen LogP contribution in [0, 0.1) is 17.8 Å². The molecule has 0 unspecified atom stereocenters. The number of carbonyl (C=O) groups excluding carboxylic acids is 1. The van der Waals surface area contributed by atoms with Gasteiger partial charge < -0.3 is 14.6 Å². The third kappa shape index (κ3) is 2.99. The van der Waals surface area contributed by atoms with Crippen LogP contribution in [0.5, 0.6) is 0 Å². The minimum atomic E-state index is -0.339. The van der Waals surface area contributed by atoms with Crippen molar-refractivity contribution in [3.8, 4) is 11.1 Å². The van der Waals surface area contributed by atoms with Crippen molar-refractivity contribution in [2.24, 2.45) is 17.8 Å². The summed E-state index contributed by atoms with van der Waals surface area (Å²) in [5, 5.41) is 10.3. The van der Waals surface area contributed by atoms with Crippen LogP contribution in [0.3, 0.4) is 0 Å². The summed E-state index contributed by atoms with van der Waals surface area (Å²) in [6.07, 6.45) is 5.82. The van der Waals surface area contributed by atoms with Crippen molar-refractivity contribution >= 4 is 5.91 Å². The lowest BCUT2D eigenvalue weighted by molar-refractivity contribution is -0.135. The fourth-order valence-electron chi connectivity index (χ4n) is 5.40. The highest BCUT2D eigenvalue weighted by Gasteiger charge is 2.56. The summed E-state index contributed by atoms with van der Waals surface area (Å²) in [6, 6.07) is 7.39. The van der Waals surface area contributed by atoms with Crippen LogP contribution in [0.1, 0.15) is 24.6 Å². The van der Waals surface area contributed by atoms with Gasteiger partial charge in [-0.1, -0.05) is 0 Å². The molecule has 5 rings (SSSR count). The van der Waals surface area contributed by atoms with Crippen LogP contribution >= 0.6 is 0 Å². The molecule has 2 aliphatic heterocycles. The zero-order valence-electron chi connectivity index (χ0n) is 17.4. The van der Waals surface area contributed by atoms with Crippen LogP contribution in [0.25, 0.3) is 11.1 Å². The van der Waals surface area contributed by atoms with Crippen LogP contribution in [0.15, 0.2) is 41.5 Å². The molecule has 1 N–H and O–H groups in total. The molecule has 7 nitrogen and oxygen atoms in total. The average Bonchev–Trinajstić information content (AvgIpc) is 3.53. The van der Waals surface area contributed by atoms with Crippen LogP contribution in [0.4, 0.5) is 0 Å². The van der Waals surface area contributed by atoms with Gasteiger partial charge >= 0.3 is 0 Å². The third-order valence-electron chi connectivity index (χ3n) is 7.05. The molecular weight excluding hydrogens is 380 g/mol. The number of hydrogen-bond donors (Lipinski definition) is 1. The van der Waals surface area contributed by atoms with Gasteiger partial charge in [0, 0.05) is 69.4 Å². The summed E-state index contributed by atoms with van der Waals surface area (Å²) in [7, 11) is 3.54. The molecule has 1 saturated carbocycles. The van der Waals surface area contributed by atoms with Gasteiger partial charge in [0.15, 0.2) is 0 Å². The molecule has 4 heterocycles. The Labute approximate surface area is 176 Å². The lowest BCUT2D eigenvalue weighted by Gasteiger charge is -2.38. The smallest absolute Gasteiger partial charge is 0.258 e. The van der Waals surface area contributed by atoms with Gasteiger partial charge in [-0.15, -0.1) is 0 Å². The Morgan fingerprint density at radius 2 is 1.93 bits per heavy atom. The number of nitrogens with zero attached hydrogens (tertiary/aromatic N) is 4. The number of aliphatic hydroxyl groups excluding tert-OH is 1. The second-order valence-corrected chi connectivity index (χ2v) is 9.08. The van der Waals surface area contributed by atoms with E-state index in [-0.39, 0.29) is 42.0 Å². The van der Waals surface area contributed by atoms with E-state index < -0.39 is 0 Å². The van der Waals surface area contributed by atoms with E-state index in [0.717, 1.165) is 17.8 Å². The first-order valence-corrected chi connectivity index (χ1v) is 10.7. The van der Waals surface area contributed by atoms with Gasteiger partial charge in [0.1, 0.15) is 0 Å². The van der Waals surface area contributed by atoms with Crippen LogP contribution in [-0.4, -0.2) is 63.7 Å². The molecule has 4 atom stereocenters. The summed E-state index contributed by atoms with van der Waals surface area (Å²) >= 11 is 0. The molecular formula is C23H28N4O3. The predicted molar refractivity (Wildman–Crippen MR) is 113 cm³/mol. The Hall–Kier alpha value is -2.51. The molecule has 1 aliphatic carbocycles. The Bertz CT molecular complexity index is 1010. The molecule has 30 heavy (non-hydrogen) atoms. The van der Waals surface area contributed by atoms with Gasteiger partial charge in [-0.2, -0.15) is 0 Å². The summed E-state index contributed by atoms with van der Waals surface area (Å²) in [5.74, 6) is 0.180. The summed E-state index contributed by atoms with van der Waals surface area (Å²) in [4.78, 5) is 34.7. The SMILES string of the molecule is CN(C)C(=O)[C@H]1[C@H](CO)[C@H]2Cn3c(ccc(-c4ccncc4)c3=O)[C@@H]1N2CC1CC1. The lowest BCUT2D eigenvalue weighted by Crippen LogP contribution is -2.47. The molecule has 2 fully saturated rings. The van der Waals surface area contributed by atoms with Crippen molar-refractivity contribution in [3.63, 3.8) is 0 Å². The first kappa shape index (κ1) is 19.5. The molecule has 7 heteroatoms. The lowest BCUT2D eigenvalue weighted by atomic mass is 9.86. The second kappa shape index (κ2) is 7.32. The van der Waals surface area contributed by atoms with Crippen LogP contribution in [0.2, 0.25) is 0 Å². The summed E-state index contributed by atoms with van der Waals surface area (Å²) in [5.41, 5.74) is 2.35. The Morgan fingerprint density at radius 3 is 2.57 bits per heavy atom. The molecule has 1 saturated heterocycles. The van der Waals surface area contributed by atoms with Crippen molar-refractivity contribution in [2.45, 2.75) is 31.5 Å². The average molecular weight is 409 g/mol. The van der Waals surface area contributed by atoms with Crippen molar-refractivity contribution in [1.82, 2.24) is 19.4 Å². The van der Waals surface area contributed by atoms with E-state index >= 15 is 0 Å². The Morgan fingerprint density at radius 1 is 1.20 bits per heavy atom. The predicted octanol–water partition coefficient (Wildman–Crippen LogP) is 1.37. The number of carbonyl (C=O) groups is 1. The second-order valence-electron chi connectivity index (χ2n) is 9.08. The van der Waals surface area contributed by atoms with E-state index in [9.17, 15) is 14.7 Å². The van der Waals surface area contributed by atoms with Crippen LogP contribution < -0.4 is 5.56 Å². The van der Waals surface area contributed by atoms with Crippen LogP contribution in [-0.2, 0) is 11.3 Å². The first-order valence-electron chi connectivity index (χ1n) is 10.7. The molecule has 0 radical (unpaired) electrons. The molecule has 158 valence electrons. The Kier molecular flexibility index (Phi) is 4.75. The van der Waals surface area contributed by atoms with E-state index in [1.165, 1.54) is 12.8 Å². The van der Waals surface area contributed by atoms with Crippen molar-refractivity contribution in [2.75, 3.05) is 27.2 Å². The van der Waals surface area contributed by atoms with Gasteiger partial charge in [-0.25, -0.2) is 0 Å². The maximum absolute atomic E-state index is 13.4. The van der Waals surface area contributed by atoms with Gasteiger partial charge in [0.2, 0.25) is 5.91 Å². The van der Waals surface area contributed by atoms with Gasteiger partial charge in [0.25, 0.3) is 5.56 Å². The fraction of sp³-hybridized carbons (Fsp3) is 0.522. The van der Waals surface area contributed by atoms with E-state index in [2.05, 4.69) is 9.88 Å². The zero-order chi connectivity index (χ0) is 21.0. The molecule has 0 spiro atoms. The zero-order valence-corrected chi connectivity index (χ0v) is 17.4. The highest BCUT2D eigenvalue weighted by molar-refractivity contribution is 5.80. The number of amides is 1. The first-order chi connectivity index (χ1) is 14.5. The largest absolute Gasteiger partial charge is 0.396 e. The molecule has 3 aliphatic rings. The molecule has 2 aromatic rings. The number of aliphatic hydroxyl groups is 1. The highest BCUT2D eigenvalue weighted by atomic mass is 16.3. The maximum atomic E-state index is 13.4. The minimum Gasteiger partial charge on any atom is -0.396 e. The molecule has 2 bridgehead atoms. The van der Waals surface area contributed by atoms with Gasteiger partial charge in [-0.3, -0.25) is 19.5 Å². The normalized spacial score (nSPS) is 27.7. The van der Waals surface area contributed by atoms with Crippen molar-refractivity contribution < 1.29 is 9.90 Å². The fourth-order valence-corrected chi connectivity index (χ4v) is 5.40. The molecule has 2 aromatic heterocycles. The number of fused-ring (bicyclic) bond motifs is 4. The topological polar surface area (TPSA) is 78.7 Å². The molecule has 1 amide bonds. The summed E-state index contributed by atoms with van der Waals surface area (Å²) < 4.78 is 1.85. The van der Waals surface area contributed by atoms with Gasteiger partial charge in [0.05, 0.1) is 12.0 Å². The number of pyridine rings is 2. The minimum absolute atomic E-state index is 0.00705. The number of rotatable bonds is 5. The van der Waals surface area contributed by atoms with E-state index in [4.69, 9.17) is 0 Å². The van der Waals surface area contributed by atoms with E-state index in [1.807, 2.05) is 28.8 Å². The Balaban J connectivity index is 1.63. The quantitative estimate of drug-likeness (QED) is 0.809. The molecule has 0 aromatic carbocycles. The van der Waals surface area contributed by atoms with E-state index in [0.29, 0.717) is 18.0 Å². The highest BCUT2D eigenvalue weighted by Crippen LogP contribution is 2.50. The summed E-state index contributed by atoms with van der Waals surface area (Å²) in [6.45, 7) is 1.40. The number of hydrogen-bond acceptors (Lipinski definition) is 5.